The average Bonchev–Trinajstić information content (AvgIpc) is 2.95. The molecule has 0 bridgehead atoms. The van der Waals surface area contributed by atoms with Crippen molar-refractivity contribution in [1.82, 2.24) is 4.90 Å². The molecule has 0 radical (unpaired) electrons. The molecule has 1 atom stereocenters. The Balaban J connectivity index is 1.87. The second-order valence-electron chi connectivity index (χ2n) is 6.02. The molecule has 1 amide bonds. The van der Waals surface area contributed by atoms with Gasteiger partial charge in [0.1, 0.15) is 6.10 Å². The standard InChI is InChI=1S/C20H23NO2/c1-2-3-14-21-15-18(23-20(21)22)19(16-10-6-4-7-11-16)17-12-8-5-9-13-17/h4-13,18-19H,2-3,14-15H2,1H3. The summed E-state index contributed by atoms with van der Waals surface area (Å²) >= 11 is 0. The summed E-state index contributed by atoms with van der Waals surface area (Å²) in [6.07, 6.45) is 1.78. The number of amides is 1. The van der Waals surface area contributed by atoms with Crippen LogP contribution in [-0.2, 0) is 4.74 Å². The van der Waals surface area contributed by atoms with Crippen molar-refractivity contribution >= 4 is 6.09 Å². The van der Waals surface area contributed by atoms with Crippen molar-refractivity contribution < 1.29 is 9.53 Å². The van der Waals surface area contributed by atoms with E-state index in [-0.39, 0.29) is 18.1 Å². The molecule has 0 N–H and O–H groups in total. The zero-order valence-corrected chi connectivity index (χ0v) is 13.5. The number of unbranched alkanes of at least 4 members (excludes halogenated alkanes) is 1. The predicted molar refractivity (Wildman–Crippen MR) is 91.5 cm³/mol. The first kappa shape index (κ1) is 15.6. The van der Waals surface area contributed by atoms with Gasteiger partial charge in [0.25, 0.3) is 0 Å². The second-order valence-corrected chi connectivity index (χ2v) is 6.02. The maximum atomic E-state index is 12.2. The van der Waals surface area contributed by atoms with Crippen LogP contribution in [0.2, 0.25) is 0 Å². The first-order valence-corrected chi connectivity index (χ1v) is 8.35. The SMILES string of the molecule is CCCCN1CC(C(c2ccccc2)c2ccccc2)OC1=O. The summed E-state index contributed by atoms with van der Waals surface area (Å²) in [5.41, 5.74) is 2.38. The van der Waals surface area contributed by atoms with Crippen LogP contribution >= 0.6 is 0 Å². The van der Waals surface area contributed by atoms with Gasteiger partial charge in [-0.2, -0.15) is 0 Å². The maximum Gasteiger partial charge on any atom is 0.410 e. The number of cyclic esters (lactones) is 1. The van der Waals surface area contributed by atoms with Gasteiger partial charge in [0.05, 0.1) is 6.54 Å². The summed E-state index contributed by atoms with van der Waals surface area (Å²) in [4.78, 5) is 14.0. The molecule has 3 heteroatoms. The Morgan fingerprint density at radius 2 is 1.61 bits per heavy atom. The highest BCUT2D eigenvalue weighted by Crippen LogP contribution is 2.33. The highest BCUT2D eigenvalue weighted by Gasteiger charge is 2.37. The van der Waals surface area contributed by atoms with Gasteiger partial charge in [-0.1, -0.05) is 74.0 Å². The van der Waals surface area contributed by atoms with Crippen LogP contribution in [0, 0.1) is 0 Å². The fourth-order valence-electron chi connectivity index (χ4n) is 3.18. The molecule has 3 nitrogen and oxygen atoms in total. The third-order valence-corrected chi connectivity index (χ3v) is 4.38. The highest BCUT2D eigenvalue weighted by atomic mass is 16.6. The quantitative estimate of drug-likeness (QED) is 0.789. The van der Waals surface area contributed by atoms with Crippen molar-refractivity contribution in [3.8, 4) is 0 Å². The smallest absolute Gasteiger partial charge is 0.410 e. The lowest BCUT2D eigenvalue weighted by atomic mass is 9.86. The summed E-state index contributed by atoms with van der Waals surface area (Å²) < 4.78 is 5.73. The van der Waals surface area contributed by atoms with E-state index in [1.807, 2.05) is 41.3 Å². The lowest BCUT2D eigenvalue weighted by molar-refractivity contribution is 0.125. The molecular weight excluding hydrogens is 286 g/mol. The molecule has 1 heterocycles. The Labute approximate surface area is 137 Å². The minimum absolute atomic E-state index is 0.0768. The van der Waals surface area contributed by atoms with Crippen molar-refractivity contribution in [2.24, 2.45) is 0 Å². The van der Waals surface area contributed by atoms with Crippen LogP contribution in [0.25, 0.3) is 0 Å². The molecule has 0 saturated carbocycles. The summed E-state index contributed by atoms with van der Waals surface area (Å²) in [5, 5.41) is 0. The Morgan fingerprint density at radius 1 is 1.04 bits per heavy atom. The number of carbonyl (C=O) groups excluding carboxylic acids is 1. The van der Waals surface area contributed by atoms with Crippen LogP contribution in [0.3, 0.4) is 0 Å². The Bertz CT molecular complexity index is 587. The molecule has 0 aliphatic carbocycles. The zero-order chi connectivity index (χ0) is 16.1. The van der Waals surface area contributed by atoms with Gasteiger partial charge in [0.2, 0.25) is 0 Å². The van der Waals surface area contributed by atoms with Crippen molar-refractivity contribution in [2.75, 3.05) is 13.1 Å². The van der Waals surface area contributed by atoms with Crippen molar-refractivity contribution in [1.29, 1.82) is 0 Å². The summed E-state index contributed by atoms with van der Waals surface area (Å²) in [6.45, 7) is 3.57. The van der Waals surface area contributed by atoms with Gasteiger partial charge < -0.3 is 9.64 Å². The van der Waals surface area contributed by atoms with E-state index in [0.29, 0.717) is 6.54 Å². The third-order valence-electron chi connectivity index (χ3n) is 4.38. The van der Waals surface area contributed by atoms with Gasteiger partial charge in [-0.25, -0.2) is 4.79 Å². The number of ether oxygens (including phenoxy) is 1. The van der Waals surface area contributed by atoms with E-state index in [0.717, 1.165) is 19.4 Å². The number of benzene rings is 2. The summed E-state index contributed by atoms with van der Waals surface area (Å²) in [6, 6.07) is 20.6. The molecule has 2 aromatic rings. The number of hydrogen-bond acceptors (Lipinski definition) is 2. The van der Waals surface area contributed by atoms with E-state index in [4.69, 9.17) is 4.74 Å². The second kappa shape index (κ2) is 7.32. The van der Waals surface area contributed by atoms with E-state index >= 15 is 0 Å². The van der Waals surface area contributed by atoms with Crippen LogP contribution in [0.15, 0.2) is 60.7 Å². The van der Waals surface area contributed by atoms with Gasteiger partial charge in [-0.15, -0.1) is 0 Å². The molecule has 120 valence electrons. The van der Waals surface area contributed by atoms with Crippen molar-refractivity contribution in [2.45, 2.75) is 31.8 Å². The van der Waals surface area contributed by atoms with E-state index in [1.54, 1.807) is 0 Å². The van der Waals surface area contributed by atoms with Crippen LogP contribution in [0.1, 0.15) is 36.8 Å². The van der Waals surface area contributed by atoms with E-state index in [2.05, 4.69) is 31.2 Å². The van der Waals surface area contributed by atoms with Gasteiger partial charge in [-0.05, 0) is 17.5 Å². The number of nitrogens with zero attached hydrogens (tertiary/aromatic N) is 1. The molecule has 1 aliphatic rings. The van der Waals surface area contributed by atoms with Gasteiger partial charge in [0, 0.05) is 12.5 Å². The monoisotopic (exact) mass is 309 g/mol. The normalized spacial score (nSPS) is 17.6. The van der Waals surface area contributed by atoms with Crippen LogP contribution in [0.5, 0.6) is 0 Å². The van der Waals surface area contributed by atoms with Crippen molar-refractivity contribution in [3.05, 3.63) is 71.8 Å². The predicted octanol–water partition coefficient (Wildman–Crippen LogP) is 4.44. The first-order valence-electron chi connectivity index (χ1n) is 8.35. The topological polar surface area (TPSA) is 29.5 Å². The molecule has 1 aliphatic heterocycles. The Hall–Kier alpha value is -2.29. The van der Waals surface area contributed by atoms with E-state index in [9.17, 15) is 4.79 Å². The van der Waals surface area contributed by atoms with E-state index in [1.165, 1.54) is 11.1 Å². The molecule has 1 fully saturated rings. The largest absolute Gasteiger partial charge is 0.443 e. The molecule has 0 spiro atoms. The van der Waals surface area contributed by atoms with Crippen LogP contribution < -0.4 is 0 Å². The first-order chi connectivity index (χ1) is 11.3. The fourth-order valence-corrected chi connectivity index (χ4v) is 3.18. The maximum absolute atomic E-state index is 12.2. The molecule has 1 unspecified atom stereocenters. The number of carbonyl (C=O) groups is 1. The number of rotatable bonds is 6. The summed E-state index contributed by atoms with van der Waals surface area (Å²) in [7, 11) is 0. The zero-order valence-electron chi connectivity index (χ0n) is 13.5. The lowest BCUT2D eigenvalue weighted by Crippen LogP contribution is -2.28. The minimum atomic E-state index is -0.180. The van der Waals surface area contributed by atoms with Gasteiger partial charge in [0.15, 0.2) is 0 Å². The van der Waals surface area contributed by atoms with Crippen LogP contribution in [-0.4, -0.2) is 30.2 Å². The molecule has 2 aromatic carbocycles. The Morgan fingerprint density at radius 3 is 2.13 bits per heavy atom. The average molecular weight is 309 g/mol. The fraction of sp³-hybridized carbons (Fsp3) is 0.350. The lowest BCUT2D eigenvalue weighted by Gasteiger charge is -2.23. The third kappa shape index (κ3) is 3.55. The van der Waals surface area contributed by atoms with Crippen molar-refractivity contribution in [3.63, 3.8) is 0 Å². The van der Waals surface area contributed by atoms with E-state index < -0.39 is 0 Å². The minimum Gasteiger partial charge on any atom is -0.443 e. The molecule has 0 aromatic heterocycles. The van der Waals surface area contributed by atoms with Gasteiger partial charge >= 0.3 is 6.09 Å². The molecular formula is C20H23NO2. The molecule has 3 rings (SSSR count). The highest BCUT2D eigenvalue weighted by molar-refractivity contribution is 5.70. The molecule has 1 saturated heterocycles. The molecule has 23 heavy (non-hydrogen) atoms. The van der Waals surface area contributed by atoms with Crippen LogP contribution in [0.4, 0.5) is 4.79 Å². The summed E-state index contributed by atoms with van der Waals surface area (Å²) in [5.74, 6) is 0.0768. The van der Waals surface area contributed by atoms with Gasteiger partial charge in [-0.3, -0.25) is 0 Å². The Kier molecular flexibility index (Phi) is 4.96. The number of hydrogen-bond donors (Lipinski definition) is 0.